The van der Waals surface area contributed by atoms with Crippen LogP contribution in [0.15, 0.2) is 29.1 Å². The number of halogens is 1. The Kier molecular flexibility index (Phi) is 5.55. The first-order chi connectivity index (χ1) is 13.9. The van der Waals surface area contributed by atoms with E-state index in [1.807, 2.05) is 53.7 Å². The highest BCUT2D eigenvalue weighted by atomic mass is 79.9. The highest BCUT2D eigenvalue weighted by Gasteiger charge is 2.24. The highest BCUT2D eigenvalue weighted by molar-refractivity contribution is 9.10. The van der Waals surface area contributed by atoms with Gasteiger partial charge in [-0.05, 0) is 35.8 Å². The third kappa shape index (κ3) is 4.27. The molecule has 4 rings (SSSR count). The van der Waals surface area contributed by atoms with Crippen molar-refractivity contribution < 1.29 is 4.79 Å². The van der Waals surface area contributed by atoms with Gasteiger partial charge in [-0.15, -0.1) is 0 Å². The molecule has 1 saturated heterocycles. The SMILES string of the molecule is Cc1nn(Cn2ccc(C(=O)N3CCN(Cc4cnn(C)c4)CC3)n2)c(C)c1Br. The van der Waals surface area contributed by atoms with E-state index in [1.54, 1.807) is 10.7 Å². The molecule has 0 saturated carbocycles. The van der Waals surface area contributed by atoms with E-state index in [2.05, 4.69) is 36.1 Å². The molecule has 0 unspecified atom stereocenters. The Hall–Kier alpha value is -2.46. The third-order valence-corrected chi connectivity index (χ3v) is 6.40. The number of hydrogen-bond donors (Lipinski definition) is 0. The number of aryl methyl sites for hydroxylation is 2. The van der Waals surface area contributed by atoms with Gasteiger partial charge < -0.3 is 4.90 Å². The van der Waals surface area contributed by atoms with Crippen LogP contribution in [0.2, 0.25) is 0 Å². The van der Waals surface area contributed by atoms with Gasteiger partial charge in [0, 0.05) is 57.7 Å². The molecule has 3 aromatic rings. The molecule has 0 aromatic carbocycles. The first kappa shape index (κ1) is 19.8. The minimum atomic E-state index is -0.0145. The lowest BCUT2D eigenvalue weighted by Crippen LogP contribution is -2.48. The molecule has 9 nitrogen and oxygen atoms in total. The van der Waals surface area contributed by atoms with Gasteiger partial charge in [-0.2, -0.15) is 15.3 Å². The molecule has 1 amide bonds. The Morgan fingerprint density at radius 2 is 1.93 bits per heavy atom. The summed E-state index contributed by atoms with van der Waals surface area (Å²) in [5.41, 5.74) is 3.65. The van der Waals surface area contributed by atoms with Crippen molar-refractivity contribution >= 4 is 21.8 Å². The largest absolute Gasteiger partial charge is 0.335 e. The van der Waals surface area contributed by atoms with Crippen LogP contribution in [0.4, 0.5) is 0 Å². The maximum Gasteiger partial charge on any atom is 0.274 e. The van der Waals surface area contributed by atoms with Gasteiger partial charge in [-0.1, -0.05) is 0 Å². The van der Waals surface area contributed by atoms with Crippen molar-refractivity contribution in [2.45, 2.75) is 27.1 Å². The molecule has 0 radical (unpaired) electrons. The van der Waals surface area contributed by atoms with Crippen molar-refractivity contribution in [1.82, 2.24) is 39.1 Å². The van der Waals surface area contributed by atoms with E-state index in [4.69, 9.17) is 0 Å². The number of aromatic nitrogens is 6. The molecule has 0 spiro atoms. The van der Waals surface area contributed by atoms with Gasteiger partial charge in [0.25, 0.3) is 5.91 Å². The molecule has 0 aliphatic carbocycles. The second-order valence-electron chi connectivity index (χ2n) is 7.46. The molecule has 1 aliphatic rings. The molecule has 0 atom stereocenters. The van der Waals surface area contributed by atoms with Crippen LogP contribution in [0.3, 0.4) is 0 Å². The Balaban J connectivity index is 1.34. The molecule has 1 fully saturated rings. The number of nitrogens with zero attached hydrogens (tertiary/aromatic N) is 8. The third-order valence-electron chi connectivity index (χ3n) is 5.26. The van der Waals surface area contributed by atoms with Crippen molar-refractivity contribution in [2.24, 2.45) is 7.05 Å². The van der Waals surface area contributed by atoms with E-state index in [9.17, 15) is 4.79 Å². The quantitative estimate of drug-likeness (QED) is 0.578. The van der Waals surface area contributed by atoms with Gasteiger partial charge in [0.2, 0.25) is 0 Å². The van der Waals surface area contributed by atoms with Crippen LogP contribution in [0.1, 0.15) is 27.4 Å². The monoisotopic (exact) mass is 460 g/mol. The van der Waals surface area contributed by atoms with E-state index in [0.717, 1.165) is 35.5 Å². The fourth-order valence-corrected chi connectivity index (χ4v) is 3.87. The molecule has 4 heterocycles. The first-order valence-electron chi connectivity index (χ1n) is 9.63. The molecule has 29 heavy (non-hydrogen) atoms. The van der Waals surface area contributed by atoms with Crippen molar-refractivity contribution in [3.05, 3.63) is 51.8 Å². The highest BCUT2D eigenvalue weighted by Crippen LogP contribution is 2.19. The topological polar surface area (TPSA) is 77.0 Å². The fourth-order valence-electron chi connectivity index (χ4n) is 3.59. The molecule has 10 heteroatoms. The average Bonchev–Trinajstić information content (AvgIpc) is 3.40. The van der Waals surface area contributed by atoms with Gasteiger partial charge in [0.15, 0.2) is 0 Å². The van der Waals surface area contributed by atoms with Crippen LogP contribution < -0.4 is 0 Å². The summed E-state index contributed by atoms with van der Waals surface area (Å²) in [6.45, 7) is 8.41. The van der Waals surface area contributed by atoms with Crippen molar-refractivity contribution in [3.8, 4) is 0 Å². The number of hydrogen-bond acceptors (Lipinski definition) is 5. The van der Waals surface area contributed by atoms with Crippen LogP contribution in [0.5, 0.6) is 0 Å². The van der Waals surface area contributed by atoms with E-state index < -0.39 is 0 Å². The summed E-state index contributed by atoms with van der Waals surface area (Å²) in [4.78, 5) is 17.1. The predicted octanol–water partition coefficient (Wildman–Crippen LogP) is 1.66. The summed E-state index contributed by atoms with van der Waals surface area (Å²) >= 11 is 3.54. The molecule has 1 aliphatic heterocycles. The molecular formula is C19H25BrN8O. The Morgan fingerprint density at radius 1 is 1.17 bits per heavy atom. The summed E-state index contributed by atoms with van der Waals surface area (Å²) in [7, 11) is 1.92. The van der Waals surface area contributed by atoms with Crippen LogP contribution in [0.25, 0.3) is 0 Å². The van der Waals surface area contributed by atoms with E-state index >= 15 is 0 Å². The van der Waals surface area contributed by atoms with Crippen LogP contribution in [-0.4, -0.2) is 71.2 Å². The van der Waals surface area contributed by atoms with Gasteiger partial charge in [-0.25, -0.2) is 4.68 Å². The van der Waals surface area contributed by atoms with Gasteiger partial charge in [0.05, 0.1) is 22.1 Å². The van der Waals surface area contributed by atoms with Crippen LogP contribution >= 0.6 is 15.9 Å². The van der Waals surface area contributed by atoms with Gasteiger partial charge >= 0.3 is 0 Å². The smallest absolute Gasteiger partial charge is 0.274 e. The maximum atomic E-state index is 12.8. The van der Waals surface area contributed by atoms with Crippen LogP contribution in [0, 0.1) is 13.8 Å². The standard InChI is InChI=1S/C19H25BrN8O/c1-14-18(20)15(2)28(22-14)13-27-5-4-17(23-27)19(29)26-8-6-25(7-9-26)12-16-10-21-24(3)11-16/h4-5,10-11H,6-9,12-13H2,1-3H3. The molecule has 154 valence electrons. The lowest BCUT2D eigenvalue weighted by molar-refractivity contribution is 0.0621. The second kappa shape index (κ2) is 8.11. The van der Waals surface area contributed by atoms with Crippen LogP contribution in [-0.2, 0) is 20.3 Å². The number of carbonyl (C=O) groups excluding carboxylic acids is 1. The summed E-state index contributed by atoms with van der Waals surface area (Å²) in [5, 5.41) is 13.2. The lowest BCUT2D eigenvalue weighted by atomic mass is 10.2. The van der Waals surface area contributed by atoms with E-state index in [1.165, 1.54) is 5.56 Å². The zero-order chi connectivity index (χ0) is 20.5. The summed E-state index contributed by atoms with van der Waals surface area (Å²) in [6, 6.07) is 1.78. The Labute approximate surface area is 178 Å². The molecule has 0 bridgehead atoms. The zero-order valence-electron chi connectivity index (χ0n) is 16.9. The minimum absolute atomic E-state index is 0.0145. The lowest BCUT2D eigenvalue weighted by Gasteiger charge is -2.34. The normalized spacial score (nSPS) is 15.2. The number of carbonyl (C=O) groups is 1. The fraction of sp³-hybridized carbons (Fsp3) is 0.474. The van der Waals surface area contributed by atoms with Crippen molar-refractivity contribution in [1.29, 1.82) is 0 Å². The summed E-state index contributed by atoms with van der Waals surface area (Å²) in [6.07, 6.45) is 5.76. The number of amides is 1. The Morgan fingerprint density at radius 3 is 2.55 bits per heavy atom. The predicted molar refractivity (Wildman–Crippen MR) is 111 cm³/mol. The maximum absolute atomic E-state index is 12.8. The van der Waals surface area contributed by atoms with Gasteiger partial charge in [0.1, 0.15) is 12.4 Å². The summed E-state index contributed by atoms with van der Waals surface area (Å²) in [5.74, 6) is -0.0145. The average molecular weight is 461 g/mol. The Bertz CT molecular complexity index is 1010. The van der Waals surface area contributed by atoms with Gasteiger partial charge in [-0.3, -0.25) is 19.1 Å². The van der Waals surface area contributed by atoms with Crippen molar-refractivity contribution in [3.63, 3.8) is 0 Å². The molecule has 0 N–H and O–H groups in total. The zero-order valence-corrected chi connectivity index (χ0v) is 18.5. The summed E-state index contributed by atoms with van der Waals surface area (Å²) < 4.78 is 6.44. The van der Waals surface area contributed by atoms with E-state index in [-0.39, 0.29) is 5.91 Å². The van der Waals surface area contributed by atoms with Crippen molar-refractivity contribution in [2.75, 3.05) is 26.2 Å². The molecular weight excluding hydrogens is 436 g/mol. The minimum Gasteiger partial charge on any atom is -0.335 e. The second-order valence-corrected chi connectivity index (χ2v) is 8.25. The number of rotatable bonds is 5. The first-order valence-corrected chi connectivity index (χ1v) is 10.4. The number of piperazine rings is 1. The van der Waals surface area contributed by atoms with E-state index in [0.29, 0.717) is 25.5 Å². The molecule has 3 aromatic heterocycles.